The summed E-state index contributed by atoms with van der Waals surface area (Å²) in [7, 11) is 0. The fourth-order valence-corrected chi connectivity index (χ4v) is 3.41. The number of halogens is 1. The first kappa shape index (κ1) is 23.6. The van der Waals surface area contributed by atoms with E-state index in [1.54, 1.807) is 0 Å². The van der Waals surface area contributed by atoms with E-state index in [1.807, 2.05) is 0 Å². The van der Waals surface area contributed by atoms with Crippen LogP contribution in [0.15, 0.2) is 24.3 Å². The molecule has 1 aromatic rings. The summed E-state index contributed by atoms with van der Waals surface area (Å²) in [6.07, 6.45) is 1.06. The van der Waals surface area contributed by atoms with Crippen LogP contribution in [0.3, 0.4) is 0 Å². The standard InChI is InChI=1S/C20H35IN2S2/c1-18(2,22-13-19(3,4)24)14-23(15-20(5,6)25)12-11-16-7-9-17(21)10-8-16/h7-10,22,24-25H,11-15H2,1-6H3. The molecule has 144 valence electrons. The van der Waals surface area contributed by atoms with Crippen molar-refractivity contribution in [1.29, 1.82) is 0 Å². The lowest BCUT2D eigenvalue weighted by molar-refractivity contribution is 0.190. The highest BCUT2D eigenvalue weighted by molar-refractivity contribution is 14.1. The Morgan fingerprint density at radius 2 is 1.48 bits per heavy atom. The number of hydrogen-bond donors (Lipinski definition) is 3. The molecule has 0 heterocycles. The second kappa shape index (κ2) is 9.67. The molecule has 5 heteroatoms. The van der Waals surface area contributed by atoms with Crippen LogP contribution < -0.4 is 5.32 Å². The van der Waals surface area contributed by atoms with Crippen LogP contribution in [0.5, 0.6) is 0 Å². The third-order valence-corrected chi connectivity index (χ3v) is 4.88. The van der Waals surface area contributed by atoms with Crippen molar-refractivity contribution in [3.05, 3.63) is 33.4 Å². The molecule has 1 rings (SSSR count). The Morgan fingerprint density at radius 3 is 1.96 bits per heavy atom. The van der Waals surface area contributed by atoms with Crippen molar-refractivity contribution in [1.82, 2.24) is 10.2 Å². The van der Waals surface area contributed by atoms with E-state index in [0.29, 0.717) is 0 Å². The first-order chi connectivity index (χ1) is 11.3. The van der Waals surface area contributed by atoms with E-state index in [1.165, 1.54) is 9.13 Å². The van der Waals surface area contributed by atoms with Crippen molar-refractivity contribution in [2.24, 2.45) is 0 Å². The zero-order chi connectivity index (χ0) is 19.3. The molecule has 0 radical (unpaired) electrons. The average molecular weight is 495 g/mol. The Kier molecular flexibility index (Phi) is 9.13. The van der Waals surface area contributed by atoms with Gasteiger partial charge in [-0.25, -0.2) is 0 Å². The second-order valence-electron chi connectivity index (χ2n) is 8.95. The third-order valence-electron chi connectivity index (χ3n) is 3.86. The maximum absolute atomic E-state index is 4.76. The van der Waals surface area contributed by atoms with E-state index in [0.717, 1.165) is 32.6 Å². The van der Waals surface area contributed by atoms with Gasteiger partial charge in [0.15, 0.2) is 0 Å². The van der Waals surface area contributed by atoms with Crippen molar-refractivity contribution >= 4 is 47.8 Å². The van der Waals surface area contributed by atoms with Gasteiger partial charge in [-0.15, -0.1) is 0 Å². The molecule has 0 aromatic heterocycles. The molecule has 1 N–H and O–H groups in total. The van der Waals surface area contributed by atoms with Crippen molar-refractivity contribution in [2.75, 3.05) is 26.2 Å². The highest BCUT2D eigenvalue weighted by Crippen LogP contribution is 2.18. The van der Waals surface area contributed by atoms with E-state index in [-0.39, 0.29) is 15.0 Å². The van der Waals surface area contributed by atoms with Crippen LogP contribution in [0, 0.1) is 3.57 Å². The molecule has 0 unspecified atom stereocenters. The lowest BCUT2D eigenvalue weighted by Gasteiger charge is -2.38. The Labute approximate surface area is 179 Å². The minimum absolute atomic E-state index is 0.00784. The fraction of sp³-hybridized carbons (Fsp3) is 0.700. The lowest BCUT2D eigenvalue weighted by Crippen LogP contribution is -2.53. The first-order valence-corrected chi connectivity index (χ1v) is 10.9. The average Bonchev–Trinajstić information content (AvgIpc) is 2.42. The molecule has 0 aliphatic carbocycles. The highest BCUT2D eigenvalue weighted by Gasteiger charge is 2.26. The Bertz CT molecular complexity index is 516. The SMILES string of the molecule is CC(C)(S)CNC(C)(C)CN(CCc1ccc(I)cc1)CC(C)(C)S. The van der Waals surface area contributed by atoms with E-state index in [9.17, 15) is 0 Å². The highest BCUT2D eigenvalue weighted by atomic mass is 127. The van der Waals surface area contributed by atoms with Gasteiger partial charge >= 0.3 is 0 Å². The number of nitrogens with zero attached hydrogens (tertiary/aromatic N) is 1. The number of benzene rings is 1. The lowest BCUT2D eigenvalue weighted by atomic mass is 10.0. The molecular formula is C20H35IN2S2. The van der Waals surface area contributed by atoms with E-state index >= 15 is 0 Å². The van der Waals surface area contributed by atoms with Crippen molar-refractivity contribution in [2.45, 2.75) is 63.0 Å². The number of nitrogens with one attached hydrogen (secondary N) is 1. The van der Waals surface area contributed by atoms with Crippen molar-refractivity contribution in [3.63, 3.8) is 0 Å². The van der Waals surface area contributed by atoms with Crippen LogP contribution in [-0.4, -0.2) is 46.1 Å². The summed E-state index contributed by atoms with van der Waals surface area (Å²) in [5.74, 6) is 0. The summed E-state index contributed by atoms with van der Waals surface area (Å²) in [4.78, 5) is 2.53. The molecule has 25 heavy (non-hydrogen) atoms. The quantitative estimate of drug-likeness (QED) is 0.316. The van der Waals surface area contributed by atoms with Crippen LogP contribution in [-0.2, 0) is 6.42 Å². The zero-order valence-corrected chi connectivity index (χ0v) is 20.5. The predicted octanol–water partition coefficient (Wildman–Crippen LogP) is 4.92. The summed E-state index contributed by atoms with van der Waals surface area (Å²) < 4.78 is 1.27. The molecule has 0 aliphatic heterocycles. The first-order valence-electron chi connectivity index (χ1n) is 8.92. The van der Waals surface area contributed by atoms with E-state index < -0.39 is 0 Å². The molecule has 0 saturated carbocycles. The minimum atomic E-state index is -0.00896. The van der Waals surface area contributed by atoms with E-state index in [4.69, 9.17) is 12.6 Å². The summed E-state index contributed by atoms with van der Waals surface area (Å²) in [6.45, 7) is 17.1. The minimum Gasteiger partial charge on any atom is -0.309 e. The molecule has 0 saturated heterocycles. The zero-order valence-electron chi connectivity index (χ0n) is 16.6. The van der Waals surface area contributed by atoms with E-state index in [2.05, 4.69) is 111 Å². The van der Waals surface area contributed by atoms with Crippen LogP contribution in [0.25, 0.3) is 0 Å². The predicted molar refractivity (Wildman–Crippen MR) is 128 cm³/mol. The van der Waals surface area contributed by atoms with Crippen LogP contribution in [0.2, 0.25) is 0 Å². The van der Waals surface area contributed by atoms with Crippen molar-refractivity contribution in [3.8, 4) is 0 Å². The normalized spacial score (nSPS) is 13.5. The van der Waals surface area contributed by atoms with Crippen molar-refractivity contribution < 1.29 is 0 Å². The summed E-state index contributed by atoms with van der Waals surface area (Å²) in [5.41, 5.74) is 1.43. The Balaban J connectivity index is 2.70. The number of hydrogen-bond acceptors (Lipinski definition) is 4. The van der Waals surface area contributed by atoms with Gasteiger partial charge in [-0.2, -0.15) is 25.3 Å². The van der Waals surface area contributed by atoms with Gasteiger partial charge in [0.1, 0.15) is 0 Å². The smallest absolute Gasteiger partial charge is 0.0252 e. The van der Waals surface area contributed by atoms with Crippen LogP contribution >= 0.6 is 47.8 Å². The summed E-state index contributed by atoms with van der Waals surface area (Å²) in [5, 5.41) is 3.68. The van der Waals surface area contributed by atoms with Crippen LogP contribution in [0.1, 0.15) is 47.1 Å². The molecule has 2 nitrogen and oxygen atoms in total. The van der Waals surface area contributed by atoms with Gasteiger partial charge in [0.2, 0.25) is 0 Å². The second-order valence-corrected chi connectivity index (χ2v) is 12.6. The Hall–Kier alpha value is 0.570. The number of thiol groups is 2. The van der Waals surface area contributed by atoms with Gasteiger partial charge < -0.3 is 5.32 Å². The third kappa shape index (κ3) is 11.8. The summed E-state index contributed by atoms with van der Waals surface area (Å²) >= 11 is 11.7. The topological polar surface area (TPSA) is 15.3 Å². The largest absolute Gasteiger partial charge is 0.309 e. The molecule has 0 spiro atoms. The maximum Gasteiger partial charge on any atom is 0.0252 e. The monoisotopic (exact) mass is 494 g/mol. The van der Waals surface area contributed by atoms with Gasteiger partial charge in [0.05, 0.1) is 0 Å². The van der Waals surface area contributed by atoms with Gasteiger partial charge in [-0.05, 0) is 88.3 Å². The Morgan fingerprint density at radius 1 is 0.920 bits per heavy atom. The molecule has 0 aliphatic rings. The van der Waals surface area contributed by atoms with Gasteiger partial charge in [-0.1, -0.05) is 12.1 Å². The molecule has 1 aromatic carbocycles. The van der Waals surface area contributed by atoms with Gasteiger partial charge in [-0.3, -0.25) is 4.90 Å². The molecule has 0 atom stereocenters. The molecular weight excluding hydrogens is 459 g/mol. The van der Waals surface area contributed by atoms with Gasteiger partial charge in [0.25, 0.3) is 0 Å². The molecule has 0 fully saturated rings. The molecule has 0 bridgehead atoms. The maximum atomic E-state index is 4.76. The summed E-state index contributed by atoms with van der Waals surface area (Å²) in [6, 6.07) is 8.84. The number of rotatable bonds is 10. The fourth-order valence-electron chi connectivity index (χ4n) is 2.77. The van der Waals surface area contributed by atoms with Crippen LogP contribution in [0.4, 0.5) is 0 Å². The van der Waals surface area contributed by atoms with Gasteiger partial charge in [0, 0.05) is 44.8 Å². The molecule has 0 amide bonds.